The van der Waals surface area contributed by atoms with E-state index >= 15 is 0 Å². The summed E-state index contributed by atoms with van der Waals surface area (Å²) >= 11 is 0. The Morgan fingerprint density at radius 2 is 1.95 bits per heavy atom. The van der Waals surface area contributed by atoms with E-state index < -0.39 is 5.54 Å². The van der Waals surface area contributed by atoms with Gasteiger partial charge in [0.15, 0.2) is 0 Å². The van der Waals surface area contributed by atoms with Crippen molar-refractivity contribution in [3.05, 3.63) is 0 Å². The minimum atomic E-state index is -0.621. The molecule has 1 rings (SSSR count). The lowest BCUT2D eigenvalue weighted by Crippen LogP contribution is -2.60. The van der Waals surface area contributed by atoms with Gasteiger partial charge in [0.05, 0.1) is 6.61 Å². The summed E-state index contributed by atoms with van der Waals surface area (Å²) in [6, 6.07) is 0.914. The van der Waals surface area contributed by atoms with Crippen LogP contribution in [0.15, 0.2) is 0 Å². The zero-order valence-corrected chi connectivity index (χ0v) is 14.7. The Kier molecular flexibility index (Phi) is 7.14. The van der Waals surface area contributed by atoms with Gasteiger partial charge < -0.3 is 4.74 Å². The van der Waals surface area contributed by atoms with E-state index in [-0.39, 0.29) is 12.0 Å². The standard InChI is InChI=1S/C17H34N2O2/c1-7-21-16(20)17(6,18-14(4)5)12-19(15-8-9-15)11-10-13(2)3/h13-15,18H,7-12H2,1-6H3. The lowest BCUT2D eigenvalue weighted by Gasteiger charge is -2.36. The second-order valence-electron chi connectivity index (χ2n) is 7.24. The molecule has 0 amide bonds. The van der Waals surface area contributed by atoms with Gasteiger partial charge in [-0.3, -0.25) is 15.0 Å². The third kappa shape index (κ3) is 6.35. The minimum Gasteiger partial charge on any atom is -0.465 e. The van der Waals surface area contributed by atoms with Crippen molar-refractivity contribution in [2.24, 2.45) is 5.92 Å². The maximum atomic E-state index is 12.4. The van der Waals surface area contributed by atoms with Crippen LogP contribution in [-0.4, -0.2) is 48.2 Å². The SMILES string of the molecule is CCOC(=O)C(C)(CN(CCC(C)C)C1CC1)NC(C)C. The van der Waals surface area contributed by atoms with E-state index in [1.807, 2.05) is 13.8 Å². The average Bonchev–Trinajstić information content (AvgIpc) is 3.17. The molecular formula is C17H34N2O2. The van der Waals surface area contributed by atoms with Crippen LogP contribution >= 0.6 is 0 Å². The molecule has 1 N–H and O–H groups in total. The van der Waals surface area contributed by atoms with E-state index in [9.17, 15) is 4.79 Å². The first-order valence-corrected chi connectivity index (χ1v) is 8.47. The number of rotatable bonds is 10. The van der Waals surface area contributed by atoms with E-state index in [2.05, 4.69) is 37.9 Å². The Bertz CT molecular complexity index is 327. The molecule has 0 aromatic carbocycles. The number of hydrogen-bond acceptors (Lipinski definition) is 4. The lowest BCUT2D eigenvalue weighted by molar-refractivity contribution is -0.151. The molecule has 0 aliphatic heterocycles. The molecule has 0 aromatic heterocycles. The summed E-state index contributed by atoms with van der Waals surface area (Å²) in [6.45, 7) is 14.7. The molecule has 4 heteroatoms. The second-order valence-corrected chi connectivity index (χ2v) is 7.24. The Morgan fingerprint density at radius 1 is 1.33 bits per heavy atom. The normalized spacial score (nSPS) is 18.3. The van der Waals surface area contributed by atoms with Crippen molar-refractivity contribution in [1.29, 1.82) is 0 Å². The van der Waals surface area contributed by atoms with Gasteiger partial charge in [-0.05, 0) is 59.4 Å². The zero-order chi connectivity index (χ0) is 16.0. The highest BCUT2D eigenvalue weighted by Gasteiger charge is 2.40. The first kappa shape index (κ1) is 18.4. The summed E-state index contributed by atoms with van der Waals surface area (Å²) in [4.78, 5) is 14.9. The Morgan fingerprint density at radius 3 is 2.38 bits per heavy atom. The number of nitrogens with zero attached hydrogens (tertiary/aromatic N) is 1. The van der Waals surface area contributed by atoms with Gasteiger partial charge in [-0.1, -0.05) is 13.8 Å². The number of nitrogens with one attached hydrogen (secondary N) is 1. The first-order chi connectivity index (χ1) is 9.78. The molecule has 21 heavy (non-hydrogen) atoms. The van der Waals surface area contributed by atoms with Crippen LogP contribution in [0, 0.1) is 5.92 Å². The van der Waals surface area contributed by atoms with Crippen LogP contribution in [0.3, 0.4) is 0 Å². The average molecular weight is 298 g/mol. The minimum absolute atomic E-state index is 0.131. The van der Waals surface area contributed by atoms with Gasteiger partial charge in [-0.2, -0.15) is 0 Å². The lowest BCUT2D eigenvalue weighted by atomic mass is 9.99. The highest BCUT2D eigenvalue weighted by Crippen LogP contribution is 2.29. The van der Waals surface area contributed by atoms with Crippen LogP contribution in [0.5, 0.6) is 0 Å². The molecule has 0 radical (unpaired) electrons. The first-order valence-electron chi connectivity index (χ1n) is 8.47. The molecule has 1 atom stereocenters. The fraction of sp³-hybridized carbons (Fsp3) is 0.941. The number of carbonyl (C=O) groups is 1. The maximum Gasteiger partial charge on any atom is 0.327 e. The van der Waals surface area contributed by atoms with Crippen LogP contribution in [0.4, 0.5) is 0 Å². The van der Waals surface area contributed by atoms with Crippen molar-refractivity contribution >= 4 is 5.97 Å². The molecule has 1 aliphatic rings. The number of ether oxygens (including phenoxy) is 1. The quantitative estimate of drug-likeness (QED) is 0.630. The fourth-order valence-electron chi connectivity index (χ4n) is 2.76. The molecule has 1 aliphatic carbocycles. The van der Waals surface area contributed by atoms with E-state index in [1.165, 1.54) is 19.3 Å². The molecule has 1 unspecified atom stereocenters. The van der Waals surface area contributed by atoms with Crippen LogP contribution in [0.1, 0.15) is 60.8 Å². The molecule has 4 nitrogen and oxygen atoms in total. The summed E-state index contributed by atoms with van der Waals surface area (Å²) in [7, 11) is 0. The van der Waals surface area contributed by atoms with Gasteiger partial charge in [-0.15, -0.1) is 0 Å². The molecule has 0 heterocycles. The van der Waals surface area contributed by atoms with Gasteiger partial charge in [-0.25, -0.2) is 0 Å². The third-order valence-electron chi connectivity index (χ3n) is 3.91. The predicted octanol–water partition coefficient (Wildman–Crippen LogP) is 2.82. The summed E-state index contributed by atoms with van der Waals surface area (Å²) in [6.07, 6.45) is 3.70. The van der Waals surface area contributed by atoms with E-state index in [0.29, 0.717) is 18.6 Å². The second kappa shape index (κ2) is 8.14. The van der Waals surface area contributed by atoms with E-state index in [4.69, 9.17) is 4.74 Å². The molecule has 0 spiro atoms. The molecule has 0 aromatic rings. The predicted molar refractivity (Wildman–Crippen MR) is 87.4 cm³/mol. The zero-order valence-electron chi connectivity index (χ0n) is 14.7. The van der Waals surface area contributed by atoms with Gasteiger partial charge in [0.2, 0.25) is 0 Å². The van der Waals surface area contributed by atoms with Crippen LogP contribution in [0.2, 0.25) is 0 Å². The topological polar surface area (TPSA) is 41.6 Å². The molecule has 124 valence electrons. The molecular weight excluding hydrogens is 264 g/mol. The van der Waals surface area contributed by atoms with Gasteiger partial charge >= 0.3 is 5.97 Å². The Labute approximate surface area is 130 Å². The molecule has 0 bridgehead atoms. The van der Waals surface area contributed by atoms with Crippen molar-refractivity contribution in [2.75, 3.05) is 19.7 Å². The maximum absolute atomic E-state index is 12.4. The highest BCUT2D eigenvalue weighted by atomic mass is 16.5. The highest BCUT2D eigenvalue weighted by molar-refractivity contribution is 5.80. The smallest absolute Gasteiger partial charge is 0.327 e. The third-order valence-corrected chi connectivity index (χ3v) is 3.91. The fourth-order valence-corrected chi connectivity index (χ4v) is 2.76. The van der Waals surface area contributed by atoms with Crippen molar-refractivity contribution < 1.29 is 9.53 Å². The van der Waals surface area contributed by atoms with E-state index in [1.54, 1.807) is 0 Å². The van der Waals surface area contributed by atoms with Gasteiger partial charge in [0, 0.05) is 18.6 Å². The van der Waals surface area contributed by atoms with Crippen molar-refractivity contribution in [1.82, 2.24) is 10.2 Å². The summed E-state index contributed by atoms with van der Waals surface area (Å²) in [5.74, 6) is 0.562. The summed E-state index contributed by atoms with van der Waals surface area (Å²) < 4.78 is 5.31. The van der Waals surface area contributed by atoms with Crippen LogP contribution in [-0.2, 0) is 9.53 Å². The molecule has 1 fully saturated rings. The number of carbonyl (C=O) groups excluding carboxylic acids is 1. The van der Waals surface area contributed by atoms with Crippen LogP contribution < -0.4 is 5.32 Å². The Balaban J connectivity index is 2.73. The Hall–Kier alpha value is -0.610. The molecule has 1 saturated carbocycles. The molecule has 0 saturated heterocycles. The number of hydrogen-bond donors (Lipinski definition) is 1. The summed E-state index contributed by atoms with van der Waals surface area (Å²) in [5, 5.41) is 3.43. The monoisotopic (exact) mass is 298 g/mol. The van der Waals surface area contributed by atoms with Crippen molar-refractivity contribution in [3.63, 3.8) is 0 Å². The van der Waals surface area contributed by atoms with Gasteiger partial charge in [0.25, 0.3) is 0 Å². The van der Waals surface area contributed by atoms with Crippen molar-refractivity contribution in [3.8, 4) is 0 Å². The van der Waals surface area contributed by atoms with Crippen molar-refractivity contribution in [2.45, 2.75) is 78.4 Å². The number of esters is 1. The van der Waals surface area contributed by atoms with Crippen LogP contribution in [0.25, 0.3) is 0 Å². The summed E-state index contributed by atoms with van der Waals surface area (Å²) in [5.41, 5.74) is -0.621. The van der Waals surface area contributed by atoms with E-state index in [0.717, 1.165) is 13.1 Å². The largest absolute Gasteiger partial charge is 0.465 e. The van der Waals surface area contributed by atoms with Gasteiger partial charge in [0.1, 0.15) is 5.54 Å².